The molecule has 3 heterocycles. The number of aromatic nitrogens is 6. The standard InChI is InChI=1S/C23H18N6OS/c1-3-7-17(8-4-1)15-29-22(19-11-13-24-14-12-19)26-27-23(29)31-16-20-25-21(28-30-20)18-9-5-2-6-10-18/h1-14H,15-16H2. The van der Waals surface area contributed by atoms with Gasteiger partial charge in [0.15, 0.2) is 11.0 Å². The third kappa shape index (κ3) is 4.39. The van der Waals surface area contributed by atoms with Gasteiger partial charge >= 0.3 is 0 Å². The van der Waals surface area contributed by atoms with Crippen LogP contribution >= 0.6 is 11.8 Å². The van der Waals surface area contributed by atoms with Crippen LogP contribution in [0.4, 0.5) is 0 Å². The molecule has 0 fully saturated rings. The van der Waals surface area contributed by atoms with Gasteiger partial charge in [0.25, 0.3) is 0 Å². The van der Waals surface area contributed by atoms with Crippen LogP contribution in [0.15, 0.2) is 94.9 Å². The monoisotopic (exact) mass is 426 g/mol. The van der Waals surface area contributed by atoms with Gasteiger partial charge in [0.1, 0.15) is 0 Å². The number of hydrogen-bond acceptors (Lipinski definition) is 7. The smallest absolute Gasteiger partial charge is 0.237 e. The van der Waals surface area contributed by atoms with Crippen LogP contribution in [-0.2, 0) is 12.3 Å². The van der Waals surface area contributed by atoms with E-state index in [1.54, 1.807) is 12.4 Å². The number of hydrogen-bond donors (Lipinski definition) is 0. The van der Waals surface area contributed by atoms with Crippen molar-refractivity contribution >= 4 is 11.8 Å². The Morgan fingerprint density at radius 2 is 1.55 bits per heavy atom. The van der Waals surface area contributed by atoms with Crippen LogP contribution in [0.25, 0.3) is 22.8 Å². The van der Waals surface area contributed by atoms with Crippen LogP contribution in [0, 0.1) is 0 Å². The molecule has 2 aromatic carbocycles. The molecule has 0 radical (unpaired) electrons. The summed E-state index contributed by atoms with van der Waals surface area (Å²) in [5.41, 5.74) is 3.06. The largest absolute Gasteiger partial charge is 0.338 e. The maximum Gasteiger partial charge on any atom is 0.237 e. The fourth-order valence-corrected chi connectivity index (χ4v) is 3.94. The lowest BCUT2D eigenvalue weighted by Crippen LogP contribution is -2.04. The van der Waals surface area contributed by atoms with Crippen LogP contribution in [0.2, 0.25) is 0 Å². The summed E-state index contributed by atoms with van der Waals surface area (Å²) in [4.78, 5) is 8.61. The van der Waals surface area contributed by atoms with Crippen molar-refractivity contribution in [2.45, 2.75) is 17.5 Å². The Morgan fingerprint density at radius 3 is 2.32 bits per heavy atom. The van der Waals surface area contributed by atoms with Gasteiger partial charge in [-0.25, -0.2) is 0 Å². The lowest BCUT2D eigenvalue weighted by molar-refractivity contribution is 0.391. The first kappa shape index (κ1) is 19.2. The Balaban J connectivity index is 1.40. The fourth-order valence-electron chi connectivity index (χ4n) is 3.16. The minimum atomic E-state index is 0.503. The van der Waals surface area contributed by atoms with Gasteiger partial charge in [-0.3, -0.25) is 9.55 Å². The van der Waals surface area contributed by atoms with Crippen LogP contribution in [-0.4, -0.2) is 29.9 Å². The molecule has 152 valence electrons. The van der Waals surface area contributed by atoms with E-state index < -0.39 is 0 Å². The number of rotatable bonds is 7. The highest BCUT2D eigenvalue weighted by molar-refractivity contribution is 7.98. The molecule has 0 aliphatic heterocycles. The Kier molecular flexibility index (Phi) is 5.53. The highest BCUT2D eigenvalue weighted by Gasteiger charge is 2.17. The van der Waals surface area contributed by atoms with E-state index in [0.29, 0.717) is 24.0 Å². The Bertz CT molecular complexity index is 1260. The number of benzene rings is 2. The normalized spacial score (nSPS) is 11.0. The molecule has 0 saturated carbocycles. The van der Waals surface area contributed by atoms with Gasteiger partial charge in [-0.2, -0.15) is 4.98 Å². The van der Waals surface area contributed by atoms with Gasteiger partial charge in [0, 0.05) is 23.5 Å². The summed E-state index contributed by atoms with van der Waals surface area (Å²) in [7, 11) is 0. The number of nitrogens with zero attached hydrogens (tertiary/aromatic N) is 6. The fraction of sp³-hybridized carbons (Fsp3) is 0.0870. The minimum Gasteiger partial charge on any atom is -0.338 e. The molecule has 0 atom stereocenters. The van der Waals surface area contributed by atoms with Crippen LogP contribution in [0.1, 0.15) is 11.5 Å². The third-order valence-corrected chi connectivity index (χ3v) is 5.62. The molecule has 5 aromatic rings. The molecule has 31 heavy (non-hydrogen) atoms. The van der Waals surface area contributed by atoms with Crippen molar-refractivity contribution in [1.82, 2.24) is 29.9 Å². The van der Waals surface area contributed by atoms with Gasteiger partial charge in [-0.15, -0.1) is 10.2 Å². The van der Waals surface area contributed by atoms with E-state index in [-0.39, 0.29) is 0 Å². The van der Waals surface area contributed by atoms with E-state index in [4.69, 9.17) is 4.52 Å². The SMILES string of the molecule is c1ccc(Cn2c(SCc3nc(-c4ccccc4)no3)nnc2-c2ccncc2)cc1. The van der Waals surface area contributed by atoms with Crippen molar-refractivity contribution in [3.63, 3.8) is 0 Å². The molecule has 0 saturated heterocycles. The molecular weight excluding hydrogens is 408 g/mol. The van der Waals surface area contributed by atoms with Crippen molar-refractivity contribution in [2.75, 3.05) is 0 Å². The van der Waals surface area contributed by atoms with Gasteiger partial charge in [0.2, 0.25) is 11.7 Å². The summed E-state index contributed by atoms with van der Waals surface area (Å²) in [6, 6.07) is 23.9. The van der Waals surface area contributed by atoms with Gasteiger partial charge < -0.3 is 4.52 Å². The minimum absolute atomic E-state index is 0.503. The second kappa shape index (κ2) is 8.93. The lowest BCUT2D eigenvalue weighted by Gasteiger charge is -2.10. The summed E-state index contributed by atoms with van der Waals surface area (Å²) >= 11 is 1.52. The number of thioether (sulfide) groups is 1. The molecule has 0 N–H and O–H groups in total. The van der Waals surface area contributed by atoms with E-state index in [1.165, 1.54) is 17.3 Å². The summed E-state index contributed by atoms with van der Waals surface area (Å²) in [5, 5.41) is 13.8. The summed E-state index contributed by atoms with van der Waals surface area (Å²) in [5.74, 6) is 2.43. The van der Waals surface area contributed by atoms with Gasteiger partial charge in [-0.05, 0) is 17.7 Å². The molecular formula is C23H18N6OS. The van der Waals surface area contributed by atoms with Crippen molar-refractivity contribution in [3.8, 4) is 22.8 Å². The van der Waals surface area contributed by atoms with Crippen LogP contribution in [0.5, 0.6) is 0 Å². The Labute approximate surface area is 183 Å². The van der Waals surface area contributed by atoms with Crippen molar-refractivity contribution in [3.05, 3.63) is 96.6 Å². The zero-order valence-electron chi connectivity index (χ0n) is 16.5. The zero-order chi connectivity index (χ0) is 20.9. The molecule has 0 amide bonds. The van der Waals surface area contributed by atoms with Crippen molar-refractivity contribution in [1.29, 1.82) is 0 Å². The van der Waals surface area contributed by atoms with E-state index in [2.05, 4.69) is 42.0 Å². The molecule has 8 heteroatoms. The second-order valence-electron chi connectivity index (χ2n) is 6.78. The Hall–Kier alpha value is -3.78. The number of pyridine rings is 1. The van der Waals surface area contributed by atoms with E-state index in [1.807, 2.05) is 60.7 Å². The maximum absolute atomic E-state index is 5.44. The molecule has 0 aliphatic rings. The molecule has 0 spiro atoms. The summed E-state index contributed by atoms with van der Waals surface area (Å²) in [6.45, 7) is 0.660. The van der Waals surface area contributed by atoms with E-state index in [9.17, 15) is 0 Å². The van der Waals surface area contributed by atoms with Gasteiger partial charge in [-0.1, -0.05) is 77.6 Å². The predicted octanol–water partition coefficient (Wildman–Crippen LogP) is 4.73. The van der Waals surface area contributed by atoms with Crippen molar-refractivity contribution < 1.29 is 4.52 Å². The molecule has 0 unspecified atom stereocenters. The molecule has 0 aliphatic carbocycles. The van der Waals surface area contributed by atoms with Crippen LogP contribution in [0.3, 0.4) is 0 Å². The average Bonchev–Trinajstić information content (AvgIpc) is 3.47. The van der Waals surface area contributed by atoms with Gasteiger partial charge in [0.05, 0.1) is 12.3 Å². The first-order valence-corrected chi connectivity index (χ1v) is 10.7. The summed E-state index contributed by atoms with van der Waals surface area (Å²) < 4.78 is 7.54. The first-order valence-electron chi connectivity index (χ1n) is 9.75. The molecule has 7 nitrogen and oxygen atoms in total. The average molecular weight is 427 g/mol. The highest BCUT2D eigenvalue weighted by atomic mass is 32.2. The van der Waals surface area contributed by atoms with Crippen molar-refractivity contribution in [2.24, 2.45) is 0 Å². The third-order valence-electron chi connectivity index (χ3n) is 4.66. The molecule has 3 aromatic heterocycles. The highest BCUT2D eigenvalue weighted by Crippen LogP contribution is 2.27. The second-order valence-corrected chi connectivity index (χ2v) is 7.72. The van der Waals surface area contributed by atoms with E-state index >= 15 is 0 Å². The van der Waals surface area contributed by atoms with E-state index in [0.717, 1.165) is 22.1 Å². The lowest BCUT2D eigenvalue weighted by atomic mass is 10.2. The Morgan fingerprint density at radius 1 is 0.806 bits per heavy atom. The first-order chi connectivity index (χ1) is 15.4. The summed E-state index contributed by atoms with van der Waals surface area (Å²) in [6.07, 6.45) is 3.51. The predicted molar refractivity (Wildman–Crippen MR) is 118 cm³/mol. The maximum atomic E-state index is 5.44. The van der Waals surface area contributed by atoms with Crippen LogP contribution < -0.4 is 0 Å². The zero-order valence-corrected chi connectivity index (χ0v) is 17.3. The quantitative estimate of drug-likeness (QED) is 0.348. The topological polar surface area (TPSA) is 82.5 Å². The molecule has 5 rings (SSSR count). The molecule has 0 bridgehead atoms.